The first-order valence-corrected chi connectivity index (χ1v) is 9.38. The molecule has 0 aromatic rings. The molecule has 1 atom stereocenters. The Morgan fingerprint density at radius 1 is 1.24 bits per heavy atom. The van der Waals surface area contributed by atoms with Gasteiger partial charge in [0.25, 0.3) is 0 Å². The van der Waals surface area contributed by atoms with Gasteiger partial charge in [-0.15, -0.1) is 0 Å². The highest BCUT2D eigenvalue weighted by atomic mass is 28.4. The summed E-state index contributed by atoms with van der Waals surface area (Å²) >= 11 is 0. The molecule has 21 heavy (non-hydrogen) atoms. The lowest BCUT2D eigenvalue weighted by molar-refractivity contribution is -0.142. The fourth-order valence-electron chi connectivity index (χ4n) is 2.46. The van der Waals surface area contributed by atoms with Gasteiger partial charge in [-0.05, 0) is 25.8 Å². The minimum atomic E-state index is -2.55. The van der Waals surface area contributed by atoms with E-state index >= 15 is 0 Å². The SMILES string of the molecule is CO[Si](CCCNC(O)N1CCCCCC1=O)(OC)OC. The lowest BCUT2D eigenvalue weighted by Gasteiger charge is -2.28. The molecule has 8 heteroatoms. The first-order valence-electron chi connectivity index (χ1n) is 7.45. The first kappa shape index (κ1) is 18.5. The maximum Gasteiger partial charge on any atom is 0.500 e. The van der Waals surface area contributed by atoms with Crippen molar-refractivity contribution in [2.24, 2.45) is 0 Å². The predicted molar refractivity (Wildman–Crippen MR) is 80.4 cm³/mol. The molecule has 124 valence electrons. The molecule has 1 heterocycles. The Hall–Kier alpha value is -0.513. The molecule has 1 aliphatic rings. The molecule has 1 amide bonds. The van der Waals surface area contributed by atoms with Crippen molar-refractivity contribution in [3.63, 3.8) is 0 Å². The molecule has 1 rings (SSSR count). The van der Waals surface area contributed by atoms with E-state index in [1.807, 2.05) is 0 Å². The normalized spacial score (nSPS) is 18.7. The van der Waals surface area contributed by atoms with Crippen LogP contribution in [0.15, 0.2) is 0 Å². The van der Waals surface area contributed by atoms with Crippen LogP contribution in [0.5, 0.6) is 0 Å². The van der Waals surface area contributed by atoms with Gasteiger partial charge in [-0.1, -0.05) is 6.42 Å². The highest BCUT2D eigenvalue weighted by molar-refractivity contribution is 6.60. The third-order valence-electron chi connectivity index (χ3n) is 3.82. The topological polar surface area (TPSA) is 80.3 Å². The van der Waals surface area contributed by atoms with Crippen LogP contribution in [0, 0.1) is 0 Å². The summed E-state index contributed by atoms with van der Waals surface area (Å²) in [6.45, 7) is 1.18. The lowest BCUT2D eigenvalue weighted by atomic mass is 10.2. The first-order chi connectivity index (χ1) is 10.1. The average molecular weight is 320 g/mol. The molecule has 1 saturated heterocycles. The van der Waals surface area contributed by atoms with Gasteiger partial charge in [0, 0.05) is 40.3 Å². The van der Waals surface area contributed by atoms with Crippen molar-refractivity contribution in [1.82, 2.24) is 10.2 Å². The summed E-state index contributed by atoms with van der Waals surface area (Å²) in [4.78, 5) is 13.4. The molecular formula is C13H28N2O5Si. The van der Waals surface area contributed by atoms with Gasteiger partial charge in [-0.3, -0.25) is 10.1 Å². The van der Waals surface area contributed by atoms with Gasteiger partial charge in [0.1, 0.15) is 0 Å². The van der Waals surface area contributed by atoms with Crippen molar-refractivity contribution in [3.8, 4) is 0 Å². The van der Waals surface area contributed by atoms with Gasteiger partial charge in [0.2, 0.25) is 5.91 Å². The Kier molecular flexibility index (Phi) is 8.38. The van der Waals surface area contributed by atoms with Crippen LogP contribution in [0.3, 0.4) is 0 Å². The van der Waals surface area contributed by atoms with Crippen LogP contribution in [0.2, 0.25) is 6.04 Å². The van der Waals surface area contributed by atoms with Crippen LogP contribution >= 0.6 is 0 Å². The van der Waals surface area contributed by atoms with E-state index in [-0.39, 0.29) is 5.91 Å². The van der Waals surface area contributed by atoms with Gasteiger partial charge in [-0.25, -0.2) is 0 Å². The third kappa shape index (κ3) is 5.65. The van der Waals surface area contributed by atoms with E-state index in [0.29, 0.717) is 25.6 Å². The molecule has 0 aromatic carbocycles. The van der Waals surface area contributed by atoms with Crippen molar-refractivity contribution in [1.29, 1.82) is 0 Å². The molecular weight excluding hydrogens is 292 g/mol. The summed E-state index contributed by atoms with van der Waals surface area (Å²) in [6.07, 6.45) is 3.23. The maximum atomic E-state index is 11.9. The second kappa shape index (κ2) is 9.49. The smallest absolute Gasteiger partial charge is 0.377 e. The van der Waals surface area contributed by atoms with E-state index in [1.165, 1.54) is 4.90 Å². The molecule has 0 bridgehead atoms. The van der Waals surface area contributed by atoms with E-state index < -0.39 is 15.2 Å². The number of nitrogens with zero attached hydrogens (tertiary/aromatic N) is 1. The zero-order valence-electron chi connectivity index (χ0n) is 13.3. The Bertz CT molecular complexity index is 307. The standard InChI is InChI=1S/C13H28N2O5Si/c1-18-21(19-2,20-3)11-7-9-14-13(17)15-10-6-4-5-8-12(15)16/h13-14,17H,4-11H2,1-3H3. The maximum absolute atomic E-state index is 11.9. The van der Waals surface area contributed by atoms with Gasteiger partial charge in [-0.2, -0.15) is 0 Å². The molecule has 1 unspecified atom stereocenters. The van der Waals surface area contributed by atoms with Gasteiger partial charge >= 0.3 is 8.80 Å². The second-order valence-corrected chi connectivity index (χ2v) is 8.22. The van der Waals surface area contributed by atoms with E-state index in [0.717, 1.165) is 25.7 Å². The number of aliphatic hydroxyl groups excluding tert-OH is 1. The molecule has 1 fully saturated rings. The number of carbonyl (C=O) groups excluding carboxylic acids is 1. The number of nitrogens with one attached hydrogen (secondary N) is 1. The number of aliphatic hydroxyl groups is 1. The summed E-state index contributed by atoms with van der Waals surface area (Å²) in [7, 11) is 2.19. The highest BCUT2D eigenvalue weighted by Gasteiger charge is 2.36. The lowest BCUT2D eigenvalue weighted by Crippen LogP contribution is -2.49. The van der Waals surface area contributed by atoms with Crippen molar-refractivity contribution in [3.05, 3.63) is 0 Å². The van der Waals surface area contributed by atoms with Crippen LogP contribution in [-0.2, 0) is 18.1 Å². The molecule has 0 spiro atoms. The van der Waals surface area contributed by atoms with Gasteiger partial charge in [0.15, 0.2) is 6.35 Å². The summed E-state index contributed by atoms with van der Waals surface area (Å²) in [5, 5.41) is 13.1. The van der Waals surface area contributed by atoms with Crippen molar-refractivity contribution >= 4 is 14.7 Å². The summed E-state index contributed by atoms with van der Waals surface area (Å²) in [5.74, 6) is 0.0156. The van der Waals surface area contributed by atoms with E-state index in [2.05, 4.69) is 5.32 Å². The Morgan fingerprint density at radius 3 is 2.52 bits per heavy atom. The van der Waals surface area contributed by atoms with E-state index in [1.54, 1.807) is 21.3 Å². The molecule has 1 aliphatic heterocycles. The largest absolute Gasteiger partial charge is 0.500 e. The molecule has 0 aromatic heterocycles. The van der Waals surface area contributed by atoms with Crippen LogP contribution in [0.25, 0.3) is 0 Å². The van der Waals surface area contributed by atoms with Crippen LogP contribution in [0.4, 0.5) is 0 Å². The number of carbonyl (C=O) groups is 1. The molecule has 0 aliphatic carbocycles. The highest BCUT2D eigenvalue weighted by Crippen LogP contribution is 2.15. The Morgan fingerprint density at radius 2 is 1.90 bits per heavy atom. The van der Waals surface area contributed by atoms with Crippen LogP contribution in [-0.4, -0.2) is 65.5 Å². The minimum absolute atomic E-state index is 0.0156. The fourth-order valence-corrected chi connectivity index (χ4v) is 4.19. The molecule has 2 N–H and O–H groups in total. The number of likely N-dealkylation sites (tertiary alicyclic amines) is 1. The molecule has 0 saturated carbocycles. The Balaban J connectivity index is 2.32. The predicted octanol–water partition coefficient (Wildman–Crippen LogP) is 0.523. The van der Waals surface area contributed by atoms with Gasteiger partial charge in [0.05, 0.1) is 0 Å². The number of hydrogen-bond donors (Lipinski definition) is 2. The molecule has 7 nitrogen and oxygen atoms in total. The zero-order valence-corrected chi connectivity index (χ0v) is 14.3. The summed E-state index contributed by atoms with van der Waals surface area (Å²) in [6, 6.07) is 0.657. The van der Waals surface area contributed by atoms with Crippen molar-refractivity contribution < 1.29 is 23.2 Å². The van der Waals surface area contributed by atoms with E-state index in [9.17, 15) is 9.90 Å². The Labute approximate surface area is 127 Å². The van der Waals surface area contributed by atoms with Crippen molar-refractivity contribution in [2.45, 2.75) is 44.5 Å². The quantitative estimate of drug-likeness (QED) is 0.366. The van der Waals surface area contributed by atoms with Crippen LogP contribution in [0.1, 0.15) is 32.1 Å². The van der Waals surface area contributed by atoms with E-state index in [4.69, 9.17) is 13.3 Å². The van der Waals surface area contributed by atoms with Crippen LogP contribution < -0.4 is 5.32 Å². The number of hydrogen-bond acceptors (Lipinski definition) is 6. The third-order valence-corrected chi connectivity index (χ3v) is 6.66. The summed E-state index contributed by atoms with van der Waals surface area (Å²) < 4.78 is 16.0. The monoisotopic (exact) mass is 320 g/mol. The van der Waals surface area contributed by atoms with Gasteiger partial charge < -0.3 is 23.3 Å². The minimum Gasteiger partial charge on any atom is -0.377 e. The fraction of sp³-hybridized carbons (Fsp3) is 0.923. The average Bonchev–Trinajstić information content (AvgIpc) is 2.72. The summed E-state index contributed by atoms with van der Waals surface area (Å²) in [5.41, 5.74) is 0. The number of amides is 1. The van der Waals surface area contributed by atoms with Crippen molar-refractivity contribution in [2.75, 3.05) is 34.4 Å². The zero-order chi connectivity index (χ0) is 15.7. The second-order valence-electron chi connectivity index (χ2n) is 5.12. The number of rotatable bonds is 9. The molecule has 0 radical (unpaired) electrons.